The monoisotopic (exact) mass is 403 g/mol. The summed E-state index contributed by atoms with van der Waals surface area (Å²) >= 11 is 0. The third-order valence-corrected chi connectivity index (χ3v) is 4.88. The van der Waals surface area contributed by atoms with Gasteiger partial charge in [-0.05, 0) is 29.8 Å². The number of carbonyl (C=O) groups is 2. The van der Waals surface area contributed by atoms with Crippen molar-refractivity contribution in [3.05, 3.63) is 71.4 Å². The van der Waals surface area contributed by atoms with E-state index in [1.54, 1.807) is 7.05 Å². The number of nitrogens with one attached hydrogen (secondary N) is 1. The van der Waals surface area contributed by atoms with E-state index in [4.69, 9.17) is 0 Å². The fourth-order valence-electron chi connectivity index (χ4n) is 3.50. The van der Waals surface area contributed by atoms with Crippen LogP contribution in [0.5, 0.6) is 5.75 Å². The van der Waals surface area contributed by atoms with Crippen LogP contribution in [0.3, 0.4) is 0 Å². The maximum absolute atomic E-state index is 13.2. The number of benzene rings is 2. The lowest BCUT2D eigenvalue weighted by molar-refractivity contribution is -0.274. The van der Waals surface area contributed by atoms with E-state index in [0.717, 1.165) is 17.7 Å². The predicted molar refractivity (Wildman–Crippen MR) is 98.0 cm³/mol. The van der Waals surface area contributed by atoms with E-state index in [-0.39, 0.29) is 24.2 Å². The van der Waals surface area contributed by atoms with Crippen LogP contribution in [0.25, 0.3) is 0 Å². The van der Waals surface area contributed by atoms with Crippen LogP contribution in [0.2, 0.25) is 0 Å². The van der Waals surface area contributed by atoms with Gasteiger partial charge in [-0.25, -0.2) is 4.79 Å². The van der Waals surface area contributed by atoms with Crippen LogP contribution in [0.15, 0.2) is 65.9 Å². The molecule has 0 aromatic heterocycles. The van der Waals surface area contributed by atoms with Crippen molar-refractivity contribution in [2.24, 2.45) is 0 Å². The van der Waals surface area contributed by atoms with Crippen molar-refractivity contribution in [2.45, 2.75) is 12.4 Å². The Kier molecular flexibility index (Phi) is 4.45. The van der Waals surface area contributed by atoms with E-state index in [9.17, 15) is 22.8 Å². The molecule has 29 heavy (non-hydrogen) atoms. The average molecular weight is 403 g/mol. The Morgan fingerprint density at radius 2 is 1.69 bits per heavy atom. The molecule has 2 aliphatic rings. The van der Waals surface area contributed by atoms with Gasteiger partial charge in [0.05, 0.1) is 23.9 Å². The van der Waals surface area contributed by atoms with Crippen LogP contribution in [0.4, 0.5) is 23.7 Å². The zero-order valence-corrected chi connectivity index (χ0v) is 15.2. The molecule has 0 spiro atoms. The number of anilines is 1. The van der Waals surface area contributed by atoms with E-state index in [0.29, 0.717) is 17.0 Å². The van der Waals surface area contributed by atoms with Crippen LogP contribution in [0, 0.1) is 0 Å². The molecule has 0 saturated heterocycles. The molecule has 0 radical (unpaired) electrons. The van der Waals surface area contributed by atoms with Crippen molar-refractivity contribution in [2.75, 3.05) is 18.5 Å². The Balaban J connectivity index is 1.64. The molecule has 0 bridgehead atoms. The van der Waals surface area contributed by atoms with Gasteiger partial charge >= 0.3 is 12.4 Å². The molecule has 150 valence electrons. The number of nitrogens with zero attached hydrogens (tertiary/aromatic N) is 2. The van der Waals surface area contributed by atoms with Crippen LogP contribution < -0.4 is 15.0 Å². The number of hydrogen-bond acceptors (Lipinski definition) is 3. The third-order valence-electron chi connectivity index (χ3n) is 4.88. The zero-order chi connectivity index (χ0) is 20.8. The zero-order valence-electron chi connectivity index (χ0n) is 15.2. The highest BCUT2D eigenvalue weighted by atomic mass is 19.4. The van der Waals surface area contributed by atoms with E-state index in [1.807, 2.05) is 30.3 Å². The maximum Gasteiger partial charge on any atom is 0.573 e. The van der Waals surface area contributed by atoms with Crippen molar-refractivity contribution < 1.29 is 27.5 Å². The van der Waals surface area contributed by atoms with Crippen LogP contribution in [-0.4, -0.2) is 36.8 Å². The average Bonchev–Trinajstić information content (AvgIpc) is 3.02. The van der Waals surface area contributed by atoms with Crippen molar-refractivity contribution in [1.29, 1.82) is 0 Å². The number of alkyl halides is 3. The lowest BCUT2D eigenvalue weighted by Gasteiger charge is -2.31. The van der Waals surface area contributed by atoms with Crippen molar-refractivity contribution in [1.82, 2.24) is 10.2 Å². The summed E-state index contributed by atoms with van der Waals surface area (Å²) in [5, 5.41) is 2.83. The normalized spacial score (nSPS) is 19.4. The van der Waals surface area contributed by atoms with Crippen LogP contribution in [-0.2, 0) is 4.79 Å². The minimum absolute atomic E-state index is 0.140. The van der Waals surface area contributed by atoms with Gasteiger partial charge in [-0.2, -0.15) is 0 Å². The highest BCUT2D eigenvalue weighted by molar-refractivity contribution is 6.11. The summed E-state index contributed by atoms with van der Waals surface area (Å²) in [5.74, 6) is -0.688. The standard InChI is InChI=1S/C20H16F3N3O3/c1-25-15-11-26(13-7-9-14(10-8-13)29-20(21,22)23)18(27)16(15)17(24-19(25)28)12-5-3-2-4-6-12/h2-10,17H,11H2,1H3,(H,24,28). The Bertz CT molecular complexity index is 988. The second kappa shape index (κ2) is 6.84. The molecule has 9 heteroatoms. The Labute approximate surface area is 164 Å². The SMILES string of the molecule is CN1C(=O)NC(c2ccccc2)C2=C1CN(c1ccc(OC(F)(F)F)cc1)C2=O. The molecule has 1 N–H and O–H groups in total. The Hall–Kier alpha value is -3.49. The number of rotatable bonds is 3. The topological polar surface area (TPSA) is 61.9 Å². The van der Waals surface area contributed by atoms with Crippen molar-refractivity contribution in [3.8, 4) is 5.75 Å². The first-order valence-electron chi connectivity index (χ1n) is 8.74. The second-order valence-electron chi connectivity index (χ2n) is 6.65. The highest BCUT2D eigenvalue weighted by Gasteiger charge is 2.43. The Morgan fingerprint density at radius 1 is 1.03 bits per heavy atom. The fraction of sp³-hybridized carbons (Fsp3) is 0.200. The maximum atomic E-state index is 13.2. The number of likely N-dealkylation sites (N-methyl/N-ethyl adjacent to an activating group) is 1. The number of ether oxygens (including phenoxy) is 1. The van der Waals surface area contributed by atoms with Gasteiger partial charge in [-0.3, -0.25) is 9.69 Å². The summed E-state index contributed by atoms with van der Waals surface area (Å²) in [7, 11) is 1.57. The van der Waals surface area contributed by atoms with Gasteiger partial charge in [-0.15, -0.1) is 13.2 Å². The summed E-state index contributed by atoms with van der Waals surface area (Å²) < 4.78 is 40.9. The third kappa shape index (κ3) is 3.51. The summed E-state index contributed by atoms with van der Waals surface area (Å²) in [6.07, 6.45) is -4.79. The number of halogens is 3. The molecule has 3 amide bonds. The quantitative estimate of drug-likeness (QED) is 0.852. The molecule has 1 atom stereocenters. The molecule has 0 fully saturated rings. The summed E-state index contributed by atoms with van der Waals surface area (Å²) in [4.78, 5) is 28.4. The smallest absolute Gasteiger partial charge is 0.406 e. The highest BCUT2D eigenvalue weighted by Crippen LogP contribution is 2.38. The number of carbonyl (C=O) groups excluding carboxylic acids is 2. The molecular formula is C20H16F3N3O3. The van der Waals surface area contributed by atoms with E-state index < -0.39 is 12.4 Å². The fourth-order valence-corrected chi connectivity index (χ4v) is 3.50. The minimum atomic E-state index is -4.79. The van der Waals surface area contributed by atoms with Gasteiger partial charge < -0.3 is 15.0 Å². The summed E-state index contributed by atoms with van der Waals surface area (Å²) in [6, 6.07) is 13.2. The van der Waals surface area contributed by atoms with E-state index >= 15 is 0 Å². The van der Waals surface area contributed by atoms with Crippen molar-refractivity contribution >= 4 is 17.6 Å². The Morgan fingerprint density at radius 3 is 2.31 bits per heavy atom. The summed E-state index contributed by atoms with van der Waals surface area (Å²) in [5.41, 5.74) is 2.18. The molecule has 1 unspecified atom stereocenters. The molecular weight excluding hydrogens is 387 g/mol. The van der Waals surface area contributed by atoms with Gasteiger partial charge in [0.2, 0.25) is 0 Å². The van der Waals surface area contributed by atoms with Gasteiger partial charge in [-0.1, -0.05) is 30.3 Å². The first-order chi connectivity index (χ1) is 13.7. The van der Waals surface area contributed by atoms with Crippen molar-refractivity contribution in [3.63, 3.8) is 0 Å². The van der Waals surface area contributed by atoms with Gasteiger partial charge in [0.25, 0.3) is 5.91 Å². The molecule has 6 nitrogen and oxygen atoms in total. The van der Waals surface area contributed by atoms with E-state index in [1.165, 1.54) is 21.9 Å². The molecule has 0 saturated carbocycles. The van der Waals surface area contributed by atoms with Crippen LogP contribution in [0.1, 0.15) is 11.6 Å². The van der Waals surface area contributed by atoms with E-state index in [2.05, 4.69) is 10.1 Å². The number of amides is 3. The molecule has 2 aromatic rings. The van der Waals surface area contributed by atoms with Gasteiger partial charge in [0.1, 0.15) is 5.75 Å². The largest absolute Gasteiger partial charge is 0.573 e. The first-order valence-corrected chi connectivity index (χ1v) is 8.74. The molecule has 2 heterocycles. The molecule has 4 rings (SSSR count). The molecule has 2 aromatic carbocycles. The number of hydrogen-bond donors (Lipinski definition) is 1. The lowest BCUT2D eigenvalue weighted by atomic mass is 9.96. The number of urea groups is 1. The summed E-state index contributed by atoms with van der Waals surface area (Å²) in [6.45, 7) is 0.140. The molecule has 2 aliphatic heterocycles. The molecule has 0 aliphatic carbocycles. The first kappa shape index (κ1) is 18.9. The minimum Gasteiger partial charge on any atom is -0.406 e. The van der Waals surface area contributed by atoms with Crippen LogP contribution >= 0.6 is 0 Å². The second-order valence-corrected chi connectivity index (χ2v) is 6.65. The van der Waals surface area contributed by atoms with Gasteiger partial charge in [0.15, 0.2) is 0 Å². The van der Waals surface area contributed by atoms with Gasteiger partial charge in [0, 0.05) is 12.7 Å². The lowest BCUT2D eigenvalue weighted by Crippen LogP contribution is -2.45. The predicted octanol–water partition coefficient (Wildman–Crippen LogP) is 3.58.